The van der Waals surface area contributed by atoms with Crippen molar-refractivity contribution in [2.24, 2.45) is 0 Å². The van der Waals surface area contributed by atoms with Crippen LogP contribution in [0.5, 0.6) is 0 Å². The summed E-state index contributed by atoms with van der Waals surface area (Å²) < 4.78 is 0. The number of benzene rings is 1. The van der Waals surface area contributed by atoms with E-state index in [-0.39, 0.29) is 0 Å². The summed E-state index contributed by atoms with van der Waals surface area (Å²) in [6.45, 7) is 6.53. The molecule has 0 amide bonds. The van der Waals surface area contributed by atoms with E-state index in [2.05, 4.69) is 44.0 Å². The largest absolute Gasteiger partial charge is 0.250 e. The Morgan fingerprint density at radius 1 is 1.00 bits per heavy atom. The van der Waals surface area contributed by atoms with Crippen molar-refractivity contribution in [2.45, 2.75) is 30.7 Å². The lowest BCUT2D eigenvalue weighted by molar-refractivity contribution is 1.14. The molecule has 0 atom stereocenters. The second-order valence-electron chi connectivity index (χ2n) is 4.30. The van der Waals surface area contributed by atoms with E-state index < -0.39 is 0 Å². The van der Waals surface area contributed by atoms with Gasteiger partial charge in [-0.05, 0) is 44.0 Å². The summed E-state index contributed by atoms with van der Waals surface area (Å²) in [6.07, 6.45) is 1.84. The molecule has 0 saturated carbocycles. The molecule has 0 aliphatic heterocycles. The maximum absolute atomic E-state index is 4.32. The summed E-state index contributed by atoms with van der Waals surface area (Å²) >= 11 is 3.69. The molecule has 2 rings (SSSR count). The van der Waals surface area contributed by atoms with Gasteiger partial charge >= 0.3 is 0 Å². The van der Waals surface area contributed by atoms with Crippen molar-refractivity contribution < 1.29 is 0 Å². The summed E-state index contributed by atoms with van der Waals surface area (Å²) in [5.41, 5.74) is 4.09. The predicted octanol–water partition coefficient (Wildman–Crippen LogP) is 4.85. The van der Waals surface area contributed by atoms with Crippen LogP contribution in [0.25, 0.3) is 0 Å². The lowest BCUT2D eigenvalue weighted by Crippen LogP contribution is -1.88. The molecule has 0 radical (unpaired) electrons. The van der Waals surface area contributed by atoms with Gasteiger partial charge in [-0.3, -0.25) is 0 Å². The summed E-state index contributed by atoms with van der Waals surface area (Å²) in [5.74, 6) is 0. The molecular weight excluding hydrogens is 258 g/mol. The van der Waals surface area contributed by atoms with Crippen LogP contribution in [0.2, 0.25) is 0 Å². The minimum absolute atomic E-state index is 1.00. The average molecular weight is 275 g/mol. The zero-order valence-electron chi connectivity index (χ0n) is 10.9. The van der Waals surface area contributed by atoms with Crippen molar-refractivity contribution in [3.63, 3.8) is 0 Å². The lowest BCUT2D eigenvalue weighted by atomic mass is 10.1. The molecule has 0 unspecified atom stereocenters. The molecule has 1 heterocycles. The maximum Gasteiger partial charge on any atom is 0.0967 e. The first-order valence-corrected chi connectivity index (χ1v) is 7.88. The number of thioether (sulfide) groups is 2. The minimum atomic E-state index is 1.00. The zero-order chi connectivity index (χ0) is 13.0. The van der Waals surface area contributed by atoms with E-state index in [4.69, 9.17) is 0 Å². The number of hydrogen-bond acceptors (Lipinski definition) is 3. The molecule has 0 fully saturated rings. The molecule has 3 heteroatoms. The summed E-state index contributed by atoms with van der Waals surface area (Å²) in [6, 6.07) is 10.5. The normalized spacial score (nSPS) is 10.6. The van der Waals surface area contributed by atoms with Crippen molar-refractivity contribution in [1.82, 2.24) is 4.98 Å². The van der Waals surface area contributed by atoms with Crippen molar-refractivity contribution in [1.29, 1.82) is 0 Å². The van der Waals surface area contributed by atoms with Crippen LogP contribution in [-0.4, -0.2) is 10.1 Å². The Labute approximate surface area is 117 Å². The average Bonchev–Trinajstić information content (AvgIpc) is 2.34. The van der Waals surface area contributed by atoms with Crippen LogP contribution in [0.1, 0.15) is 16.7 Å². The highest BCUT2D eigenvalue weighted by atomic mass is 32.2. The van der Waals surface area contributed by atoms with Crippen LogP contribution in [0.3, 0.4) is 0 Å². The van der Waals surface area contributed by atoms with Gasteiger partial charge in [0.15, 0.2) is 0 Å². The number of hydrogen-bond donors (Lipinski definition) is 0. The highest BCUT2D eigenvalue weighted by Gasteiger charge is 2.05. The fourth-order valence-corrected chi connectivity index (χ4v) is 4.05. The maximum atomic E-state index is 4.32. The number of nitrogens with zero attached hydrogens (tertiary/aromatic N) is 1. The van der Waals surface area contributed by atoms with Crippen molar-refractivity contribution in [3.05, 3.63) is 53.2 Å². The molecule has 2 aromatic rings. The first-order valence-electron chi connectivity index (χ1n) is 5.91. The standard InChI is InChI=1S/C15H17NS2/c1-11-8-12(2)15(13(3)9-11)18-10-17-14-6-4-5-7-16-14/h4-9H,10H2,1-3H3. The zero-order valence-corrected chi connectivity index (χ0v) is 12.6. The molecule has 1 aromatic carbocycles. The van der Waals surface area contributed by atoms with Crippen LogP contribution in [0, 0.1) is 20.8 Å². The molecule has 94 valence electrons. The van der Waals surface area contributed by atoms with E-state index in [1.807, 2.05) is 30.1 Å². The first-order chi connectivity index (χ1) is 8.66. The van der Waals surface area contributed by atoms with Gasteiger partial charge in [-0.2, -0.15) is 0 Å². The molecular formula is C15H17NS2. The third-order valence-electron chi connectivity index (χ3n) is 2.65. The van der Waals surface area contributed by atoms with Gasteiger partial charge in [0.05, 0.1) is 10.1 Å². The molecule has 0 bridgehead atoms. The van der Waals surface area contributed by atoms with Gasteiger partial charge in [0.1, 0.15) is 0 Å². The molecule has 1 nitrogen and oxygen atoms in total. The van der Waals surface area contributed by atoms with Crippen molar-refractivity contribution >= 4 is 23.5 Å². The molecule has 0 saturated heterocycles. The van der Waals surface area contributed by atoms with Gasteiger partial charge < -0.3 is 0 Å². The van der Waals surface area contributed by atoms with E-state index in [1.165, 1.54) is 21.6 Å². The van der Waals surface area contributed by atoms with E-state index in [9.17, 15) is 0 Å². The van der Waals surface area contributed by atoms with Crippen LogP contribution in [0.4, 0.5) is 0 Å². The van der Waals surface area contributed by atoms with Gasteiger partial charge in [0.25, 0.3) is 0 Å². The molecule has 18 heavy (non-hydrogen) atoms. The molecule has 0 aliphatic rings. The molecule has 0 N–H and O–H groups in total. The quantitative estimate of drug-likeness (QED) is 0.585. The number of aryl methyl sites for hydroxylation is 3. The lowest BCUT2D eigenvalue weighted by Gasteiger charge is -2.10. The van der Waals surface area contributed by atoms with Gasteiger partial charge in [0, 0.05) is 11.1 Å². The van der Waals surface area contributed by atoms with Crippen molar-refractivity contribution in [2.75, 3.05) is 5.08 Å². The number of rotatable bonds is 4. The Morgan fingerprint density at radius 2 is 1.72 bits per heavy atom. The fraction of sp³-hybridized carbons (Fsp3) is 0.267. The SMILES string of the molecule is Cc1cc(C)c(SCSc2ccccn2)c(C)c1. The second kappa shape index (κ2) is 6.30. The highest BCUT2D eigenvalue weighted by molar-refractivity contribution is 8.16. The van der Waals surface area contributed by atoms with Gasteiger partial charge in [-0.15, -0.1) is 11.8 Å². The topological polar surface area (TPSA) is 12.9 Å². The van der Waals surface area contributed by atoms with Gasteiger partial charge in [0.2, 0.25) is 0 Å². The number of aromatic nitrogens is 1. The van der Waals surface area contributed by atoms with Gasteiger partial charge in [-0.25, -0.2) is 4.98 Å². The molecule has 0 spiro atoms. The van der Waals surface area contributed by atoms with E-state index in [0.29, 0.717) is 0 Å². The van der Waals surface area contributed by atoms with E-state index in [1.54, 1.807) is 11.8 Å². The summed E-state index contributed by atoms with van der Waals surface area (Å²) in [7, 11) is 0. The summed E-state index contributed by atoms with van der Waals surface area (Å²) in [4.78, 5) is 5.73. The smallest absolute Gasteiger partial charge is 0.0967 e. The fourth-order valence-electron chi connectivity index (χ4n) is 1.98. The number of pyridine rings is 1. The summed E-state index contributed by atoms with van der Waals surface area (Å²) in [5, 5.41) is 2.09. The predicted molar refractivity (Wildman–Crippen MR) is 81.5 cm³/mol. The molecule has 0 aliphatic carbocycles. The van der Waals surface area contributed by atoms with E-state index in [0.717, 1.165) is 10.1 Å². The Balaban J connectivity index is 1.99. The Kier molecular flexibility index (Phi) is 4.72. The van der Waals surface area contributed by atoms with Crippen LogP contribution < -0.4 is 0 Å². The van der Waals surface area contributed by atoms with Gasteiger partial charge in [-0.1, -0.05) is 35.5 Å². The van der Waals surface area contributed by atoms with Crippen LogP contribution in [0.15, 0.2) is 46.5 Å². The third kappa shape index (κ3) is 3.53. The van der Waals surface area contributed by atoms with E-state index >= 15 is 0 Å². The Bertz CT molecular complexity index is 500. The molecule has 1 aromatic heterocycles. The van der Waals surface area contributed by atoms with Crippen LogP contribution in [-0.2, 0) is 0 Å². The second-order valence-corrected chi connectivity index (χ2v) is 6.65. The van der Waals surface area contributed by atoms with Crippen LogP contribution >= 0.6 is 23.5 Å². The van der Waals surface area contributed by atoms with Crippen molar-refractivity contribution in [3.8, 4) is 0 Å². The first kappa shape index (κ1) is 13.5. The Morgan fingerprint density at radius 3 is 2.33 bits per heavy atom. The Hall–Kier alpha value is -0.930. The third-order valence-corrected chi connectivity index (χ3v) is 5.07. The monoisotopic (exact) mass is 275 g/mol. The highest BCUT2D eigenvalue weighted by Crippen LogP contribution is 2.31. The minimum Gasteiger partial charge on any atom is -0.250 e.